The molecule has 0 aliphatic carbocycles. The maximum absolute atomic E-state index is 12.9. The third-order valence-electron chi connectivity index (χ3n) is 5.70. The largest absolute Gasteiger partial charge is 0.497 e. The van der Waals surface area contributed by atoms with Crippen molar-refractivity contribution in [2.45, 2.75) is 32.7 Å². The first-order valence-electron chi connectivity index (χ1n) is 11.0. The summed E-state index contributed by atoms with van der Waals surface area (Å²) in [5.41, 5.74) is 4.69. The molecule has 2 aromatic carbocycles. The number of amidine groups is 1. The van der Waals surface area contributed by atoms with Crippen LogP contribution in [0.1, 0.15) is 36.9 Å². The van der Waals surface area contributed by atoms with Gasteiger partial charge in [-0.15, -0.1) is 0 Å². The molecule has 0 bridgehead atoms. The van der Waals surface area contributed by atoms with E-state index in [4.69, 9.17) is 14.5 Å². The number of hydrogen-bond donors (Lipinski definition) is 1. The van der Waals surface area contributed by atoms with Crippen LogP contribution in [-0.4, -0.2) is 36.2 Å². The summed E-state index contributed by atoms with van der Waals surface area (Å²) in [5.74, 6) is 0.146. The van der Waals surface area contributed by atoms with E-state index in [0.717, 1.165) is 27.7 Å². The minimum Gasteiger partial charge on any atom is -0.497 e. The number of ether oxygens (including phenoxy) is 2. The Morgan fingerprint density at radius 2 is 1.91 bits per heavy atom. The van der Waals surface area contributed by atoms with Gasteiger partial charge in [-0.3, -0.25) is 4.79 Å². The molecule has 8 heteroatoms. The molecule has 2 aliphatic heterocycles. The van der Waals surface area contributed by atoms with E-state index in [1.807, 2.05) is 42.4 Å². The summed E-state index contributed by atoms with van der Waals surface area (Å²) in [6.07, 6.45) is 0.730. The molecule has 1 N–H and O–H groups in total. The van der Waals surface area contributed by atoms with Crippen LogP contribution in [0.2, 0.25) is 0 Å². The molecule has 2 aliphatic rings. The second kappa shape index (κ2) is 10.2. The topological polar surface area (TPSA) is 80.2 Å². The number of esters is 1. The molecule has 0 unspecified atom stereocenters. The zero-order valence-corrected chi connectivity index (χ0v) is 20.4. The fraction of sp³-hybridized carbons (Fsp3) is 0.269. The monoisotopic (exact) mass is 477 g/mol. The smallest absolute Gasteiger partial charge is 0.338 e. The number of aliphatic imine (C=N–C) groups is 1. The van der Waals surface area contributed by atoms with Gasteiger partial charge in [0.1, 0.15) is 5.75 Å². The molecule has 1 amide bonds. The predicted molar refractivity (Wildman–Crippen MR) is 134 cm³/mol. The van der Waals surface area contributed by atoms with Gasteiger partial charge < -0.3 is 19.7 Å². The van der Waals surface area contributed by atoms with Crippen LogP contribution in [0.15, 0.2) is 75.9 Å². The van der Waals surface area contributed by atoms with Crippen molar-refractivity contribution in [1.82, 2.24) is 4.90 Å². The normalized spacial score (nSPS) is 17.1. The van der Waals surface area contributed by atoms with E-state index in [1.165, 1.54) is 18.9 Å². The summed E-state index contributed by atoms with van der Waals surface area (Å²) in [6.45, 7) is 3.99. The Kier molecular flexibility index (Phi) is 7.07. The molecular formula is C26H27N3O4S. The lowest BCUT2D eigenvalue weighted by molar-refractivity contribution is -0.136. The van der Waals surface area contributed by atoms with Gasteiger partial charge in [-0.25, -0.2) is 9.79 Å². The third-order valence-corrected chi connectivity index (χ3v) is 6.59. The summed E-state index contributed by atoms with van der Waals surface area (Å²) < 4.78 is 10.3. The lowest BCUT2D eigenvalue weighted by atomic mass is 9.92. The molecule has 0 aromatic heterocycles. The van der Waals surface area contributed by atoms with Crippen molar-refractivity contribution in [3.05, 3.63) is 82.0 Å². The standard InChI is InChI=1S/C26H27N3O4S/c1-5-21-23(25(31)33-4)24(17-8-6-7-16(2)13-17)29-19(15-34-26(29)28-21)14-22(30)27-18-9-11-20(32-3)12-10-18/h6-13,15,24H,5,14H2,1-4H3,(H,27,30)/t24-/m1/s1. The van der Waals surface area contributed by atoms with Crippen LogP contribution in [-0.2, 0) is 14.3 Å². The average molecular weight is 478 g/mol. The number of benzene rings is 2. The van der Waals surface area contributed by atoms with Gasteiger partial charge in [-0.2, -0.15) is 0 Å². The number of methoxy groups -OCH3 is 2. The number of allylic oxidation sites excluding steroid dienone is 1. The molecule has 7 nitrogen and oxygen atoms in total. The summed E-state index contributed by atoms with van der Waals surface area (Å²) in [5, 5.41) is 5.62. The lowest BCUT2D eigenvalue weighted by Crippen LogP contribution is -2.37. The summed E-state index contributed by atoms with van der Waals surface area (Å²) in [4.78, 5) is 32.6. The third kappa shape index (κ3) is 4.72. The first kappa shape index (κ1) is 23.6. The van der Waals surface area contributed by atoms with E-state index < -0.39 is 12.0 Å². The number of hydrogen-bond acceptors (Lipinski definition) is 7. The Labute approximate surface area is 203 Å². The summed E-state index contributed by atoms with van der Waals surface area (Å²) >= 11 is 1.46. The number of carbonyl (C=O) groups excluding carboxylic acids is 2. The summed E-state index contributed by atoms with van der Waals surface area (Å²) in [6, 6.07) is 14.8. The maximum Gasteiger partial charge on any atom is 0.338 e. The van der Waals surface area contributed by atoms with Gasteiger partial charge in [0.2, 0.25) is 5.91 Å². The van der Waals surface area contributed by atoms with Gasteiger partial charge in [-0.05, 0) is 48.6 Å². The van der Waals surface area contributed by atoms with Crippen molar-refractivity contribution in [3.63, 3.8) is 0 Å². The van der Waals surface area contributed by atoms with Crippen LogP contribution in [0, 0.1) is 6.92 Å². The molecule has 2 heterocycles. The van der Waals surface area contributed by atoms with Crippen molar-refractivity contribution in [2.24, 2.45) is 4.99 Å². The zero-order valence-electron chi connectivity index (χ0n) is 19.6. The number of carbonyl (C=O) groups is 2. The van der Waals surface area contributed by atoms with E-state index >= 15 is 0 Å². The van der Waals surface area contributed by atoms with Crippen molar-refractivity contribution in [3.8, 4) is 5.75 Å². The first-order valence-corrected chi connectivity index (χ1v) is 11.9. The SMILES string of the molecule is CCC1=C(C(=O)OC)[C@@H](c2cccc(C)c2)N2C(CC(=O)Nc3ccc(OC)cc3)=CSC2=N1. The molecule has 0 radical (unpaired) electrons. The van der Waals surface area contributed by atoms with E-state index in [0.29, 0.717) is 23.4 Å². The second-order valence-electron chi connectivity index (χ2n) is 7.97. The van der Waals surface area contributed by atoms with Crippen molar-refractivity contribution in [2.75, 3.05) is 19.5 Å². The quantitative estimate of drug-likeness (QED) is 0.554. The number of aryl methyl sites for hydroxylation is 1. The average Bonchev–Trinajstić information content (AvgIpc) is 3.24. The highest BCUT2D eigenvalue weighted by molar-refractivity contribution is 8.16. The van der Waals surface area contributed by atoms with Crippen LogP contribution in [0.5, 0.6) is 5.75 Å². The zero-order chi connectivity index (χ0) is 24.2. The first-order chi connectivity index (χ1) is 16.4. The maximum atomic E-state index is 12.9. The van der Waals surface area contributed by atoms with Crippen LogP contribution < -0.4 is 10.1 Å². The van der Waals surface area contributed by atoms with Crippen molar-refractivity contribution >= 4 is 34.5 Å². The number of nitrogens with zero attached hydrogens (tertiary/aromatic N) is 2. The fourth-order valence-electron chi connectivity index (χ4n) is 4.11. The number of nitrogens with one attached hydrogen (secondary N) is 1. The Balaban J connectivity index is 1.65. The van der Waals surface area contributed by atoms with Gasteiger partial charge in [-0.1, -0.05) is 48.5 Å². The molecule has 1 atom stereocenters. The highest BCUT2D eigenvalue weighted by atomic mass is 32.2. The number of anilines is 1. The number of amides is 1. The van der Waals surface area contributed by atoms with Crippen molar-refractivity contribution in [1.29, 1.82) is 0 Å². The molecular weight excluding hydrogens is 450 g/mol. The van der Waals surface area contributed by atoms with Crippen molar-refractivity contribution < 1.29 is 19.1 Å². The van der Waals surface area contributed by atoms with Gasteiger partial charge in [0.15, 0.2) is 5.17 Å². The Morgan fingerprint density at radius 1 is 1.15 bits per heavy atom. The second-order valence-corrected chi connectivity index (χ2v) is 8.80. The number of thioether (sulfide) groups is 1. The molecule has 4 rings (SSSR count). The number of rotatable bonds is 7. The van der Waals surface area contributed by atoms with Crippen LogP contribution in [0.25, 0.3) is 0 Å². The van der Waals surface area contributed by atoms with Gasteiger partial charge >= 0.3 is 5.97 Å². The van der Waals surface area contributed by atoms with Crippen LogP contribution in [0.3, 0.4) is 0 Å². The molecule has 34 heavy (non-hydrogen) atoms. The Morgan fingerprint density at radius 3 is 2.56 bits per heavy atom. The van der Waals surface area contributed by atoms with E-state index in [-0.39, 0.29) is 12.3 Å². The van der Waals surface area contributed by atoms with E-state index in [9.17, 15) is 9.59 Å². The predicted octanol–water partition coefficient (Wildman–Crippen LogP) is 5.17. The minimum absolute atomic E-state index is 0.135. The molecule has 0 fully saturated rings. The molecule has 0 saturated heterocycles. The highest BCUT2D eigenvalue weighted by Crippen LogP contribution is 2.45. The van der Waals surface area contributed by atoms with Gasteiger partial charge in [0.25, 0.3) is 0 Å². The molecule has 2 aromatic rings. The fourth-order valence-corrected chi connectivity index (χ4v) is 5.05. The van der Waals surface area contributed by atoms with E-state index in [2.05, 4.69) is 11.4 Å². The lowest BCUT2D eigenvalue weighted by Gasteiger charge is -2.36. The van der Waals surface area contributed by atoms with Gasteiger partial charge in [0.05, 0.1) is 38.0 Å². The van der Waals surface area contributed by atoms with Crippen LogP contribution >= 0.6 is 11.8 Å². The van der Waals surface area contributed by atoms with E-state index in [1.54, 1.807) is 31.4 Å². The highest BCUT2D eigenvalue weighted by Gasteiger charge is 2.41. The number of fused-ring (bicyclic) bond motifs is 1. The molecule has 0 saturated carbocycles. The minimum atomic E-state index is -0.426. The van der Waals surface area contributed by atoms with Gasteiger partial charge in [0, 0.05) is 11.4 Å². The summed E-state index contributed by atoms with van der Waals surface area (Å²) in [7, 11) is 2.98. The Bertz CT molecular complexity index is 1200. The van der Waals surface area contributed by atoms with Crippen LogP contribution in [0.4, 0.5) is 5.69 Å². The Hall–Kier alpha value is -3.52. The molecule has 0 spiro atoms. The molecule has 176 valence electrons.